The molecule has 0 N–H and O–H groups in total. The number of hydrogen-bond acceptors (Lipinski definition) is 3. The lowest BCUT2D eigenvalue weighted by Crippen LogP contribution is -2.00. The summed E-state index contributed by atoms with van der Waals surface area (Å²) in [7, 11) is 1.58. The molecule has 0 saturated heterocycles. The fourth-order valence-corrected chi connectivity index (χ4v) is 1.78. The number of ketones is 1. The van der Waals surface area contributed by atoms with Crippen molar-refractivity contribution in [3.8, 4) is 5.75 Å². The molecular formula is C16H13N3O2. The standard InChI is InChI=1S/C16H13N3O2/c1-21-14-9-7-12(8-10-14)11-15(18-19-17)16(20)13-5-3-2-4-6-13/h2-11H,1H3/b15-11-. The molecule has 0 saturated carbocycles. The Hall–Kier alpha value is -3.04. The van der Waals surface area contributed by atoms with Crippen LogP contribution in [-0.2, 0) is 0 Å². The van der Waals surface area contributed by atoms with E-state index in [2.05, 4.69) is 10.0 Å². The van der Waals surface area contributed by atoms with E-state index in [4.69, 9.17) is 10.3 Å². The Labute approximate surface area is 122 Å². The summed E-state index contributed by atoms with van der Waals surface area (Å²) in [4.78, 5) is 15.0. The highest BCUT2D eigenvalue weighted by atomic mass is 16.5. The summed E-state index contributed by atoms with van der Waals surface area (Å²) >= 11 is 0. The van der Waals surface area contributed by atoms with E-state index < -0.39 is 0 Å². The Morgan fingerprint density at radius 1 is 1.14 bits per heavy atom. The Morgan fingerprint density at radius 3 is 2.38 bits per heavy atom. The van der Waals surface area contributed by atoms with E-state index in [1.807, 2.05) is 6.07 Å². The molecule has 0 atom stereocenters. The molecule has 2 aromatic carbocycles. The van der Waals surface area contributed by atoms with Crippen molar-refractivity contribution in [2.45, 2.75) is 0 Å². The van der Waals surface area contributed by atoms with Gasteiger partial charge in [-0.15, -0.1) is 0 Å². The largest absolute Gasteiger partial charge is 0.497 e. The molecule has 104 valence electrons. The average molecular weight is 279 g/mol. The second-order valence-corrected chi connectivity index (χ2v) is 4.19. The molecule has 0 fully saturated rings. The first-order valence-electron chi connectivity index (χ1n) is 6.25. The van der Waals surface area contributed by atoms with Crippen LogP contribution in [-0.4, -0.2) is 12.9 Å². The maximum atomic E-state index is 12.3. The molecule has 0 unspecified atom stereocenters. The summed E-state index contributed by atoms with van der Waals surface area (Å²) in [5.74, 6) is 0.399. The zero-order valence-corrected chi connectivity index (χ0v) is 11.4. The number of carbonyl (C=O) groups excluding carboxylic acids is 1. The second-order valence-electron chi connectivity index (χ2n) is 4.19. The maximum absolute atomic E-state index is 12.3. The smallest absolute Gasteiger partial charge is 0.195 e. The van der Waals surface area contributed by atoms with Gasteiger partial charge in [-0.2, -0.15) is 0 Å². The topological polar surface area (TPSA) is 75.1 Å². The van der Waals surface area contributed by atoms with Crippen molar-refractivity contribution in [3.63, 3.8) is 0 Å². The number of rotatable bonds is 5. The molecule has 0 spiro atoms. The van der Waals surface area contributed by atoms with E-state index in [1.54, 1.807) is 61.7 Å². The van der Waals surface area contributed by atoms with Gasteiger partial charge in [0.05, 0.1) is 12.8 Å². The summed E-state index contributed by atoms with van der Waals surface area (Å²) in [5, 5.41) is 3.50. The number of allylic oxidation sites excluding steroid dienone is 1. The van der Waals surface area contributed by atoms with Gasteiger partial charge in [0.15, 0.2) is 5.78 Å². The third-order valence-corrected chi connectivity index (χ3v) is 2.84. The summed E-state index contributed by atoms with van der Waals surface area (Å²) in [6.07, 6.45) is 1.55. The van der Waals surface area contributed by atoms with E-state index in [0.29, 0.717) is 11.3 Å². The highest BCUT2D eigenvalue weighted by Gasteiger charge is 2.10. The van der Waals surface area contributed by atoms with Gasteiger partial charge < -0.3 is 4.74 Å². The zero-order valence-electron chi connectivity index (χ0n) is 11.4. The van der Waals surface area contributed by atoms with Gasteiger partial charge in [-0.25, -0.2) is 0 Å². The van der Waals surface area contributed by atoms with Crippen molar-refractivity contribution in [2.75, 3.05) is 7.11 Å². The predicted octanol–water partition coefficient (Wildman–Crippen LogP) is 4.23. The van der Waals surface area contributed by atoms with Crippen LogP contribution in [0.1, 0.15) is 15.9 Å². The van der Waals surface area contributed by atoms with E-state index in [-0.39, 0.29) is 11.5 Å². The summed E-state index contributed by atoms with van der Waals surface area (Å²) < 4.78 is 5.07. The lowest BCUT2D eigenvalue weighted by molar-refractivity contribution is 0.103. The van der Waals surface area contributed by atoms with Crippen LogP contribution in [0, 0.1) is 0 Å². The molecule has 0 aliphatic rings. The number of benzene rings is 2. The quantitative estimate of drug-likeness (QED) is 0.270. The fraction of sp³-hybridized carbons (Fsp3) is 0.0625. The zero-order chi connectivity index (χ0) is 15.1. The molecule has 0 radical (unpaired) electrons. The number of methoxy groups -OCH3 is 1. The van der Waals surface area contributed by atoms with Crippen molar-refractivity contribution in [3.05, 3.63) is 81.9 Å². The predicted molar refractivity (Wildman–Crippen MR) is 80.9 cm³/mol. The van der Waals surface area contributed by atoms with Gasteiger partial charge in [-0.3, -0.25) is 4.79 Å². The molecule has 0 aliphatic carbocycles. The first-order chi connectivity index (χ1) is 10.2. The van der Waals surface area contributed by atoms with Gasteiger partial charge in [0.2, 0.25) is 0 Å². The molecule has 5 heteroatoms. The number of Topliss-reactive ketones (excluding diaryl/α,β-unsaturated/α-hetero) is 1. The number of azide groups is 1. The Balaban J connectivity index is 2.35. The summed E-state index contributed by atoms with van der Waals surface area (Å²) in [6, 6.07) is 15.8. The van der Waals surface area contributed by atoms with E-state index in [1.165, 1.54) is 0 Å². The van der Waals surface area contributed by atoms with Crippen molar-refractivity contribution >= 4 is 11.9 Å². The van der Waals surface area contributed by atoms with Crippen molar-refractivity contribution in [2.24, 2.45) is 5.11 Å². The molecule has 0 heterocycles. The lowest BCUT2D eigenvalue weighted by atomic mass is 10.1. The molecule has 21 heavy (non-hydrogen) atoms. The molecule has 0 bridgehead atoms. The molecule has 0 aromatic heterocycles. The molecule has 5 nitrogen and oxygen atoms in total. The normalized spacial score (nSPS) is 10.6. The van der Waals surface area contributed by atoms with Crippen molar-refractivity contribution in [1.82, 2.24) is 0 Å². The SMILES string of the molecule is COc1ccc(/C=C(\N=[N+]=[N-])C(=O)c2ccccc2)cc1. The molecule has 2 rings (SSSR count). The van der Waals surface area contributed by atoms with Crippen LogP contribution in [0.15, 0.2) is 65.4 Å². The number of carbonyl (C=O) groups is 1. The van der Waals surface area contributed by atoms with Gasteiger partial charge in [0.25, 0.3) is 0 Å². The monoisotopic (exact) mass is 279 g/mol. The van der Waals surface area contributed by atoms with E-state index in [9.17, 15) is 4.79 Å². The Kier molecular flexibility index (Phi) is 4.75. The molecule has 0 amide bonds. The average Bonchev–Trinajstić information content (AvgIpc) is 2.55. The van der Waals surface area contributed by atoms with Crippen LogP contribution < -0.4 is 4.74 Å². The van der Waals surface area contributed by atoms with Gasteiger partial charge in [-0.1, -0.05) is 47.6 Å². The van der Waals surface area contributed by atoms with Crippen LogP contribution in [0.2, 0.25) is 0 Å². The lowest BCUT2D eigenvalue weighted by Gasteiger charge is -2.02. The number of hydrogen-bond donors (Lipinski definition) is 0. The van der Waals surface area contributed by atoms with Crippen molar-refractivity contribution < 1.29 is 9.53 Å². The Bertz CT molecular complexity index is 700. The van der Waals surface area contributed by atoms with Gasteiger partial charge >= 0.3 is 0 Å². The van der Waals surface area contributed by atoms with Crippen LogP contribution >= 0.6 is 0 Å². The first-order valence-corrected chi connectivity index (χ1v) is 6.25. The minimum atomic E-state index is -0.316. The van der Waals surface area contributed by atoms with Crippen LogP contribution in [0.4, 0.5) is 0 Å². The van der Waals surface area contributed by atoms with Crippen molar-refractivity contribution in [1.29, 1.82) is 0 Å². The summed E-state index contributed by atoms with van der Waals surface area (Å²) in [6.45, 7) is 0. The highest BCUT2D eigenvalue weighted by molar-refractivity contribution is 6.11. The van der Waals surface area contributed by atoms with Crippen LogP contribution in [0.25, 0.3) is 16.5 Å². The highest BCUT2D eigenvalue weighted by Crippen LogP contribution is 2.17. The first kappa shape index (κ1) is 14.4. The number of nitrogens with zero attached hydrogens (tertiary/aromatic N) is 3. The van der Waals surface area contributed by atoms with E-state index in [0.717, 1.165) is 5.56 Å². The molecular weight excluding hydrogens is 266 g/mol. The Morgan fingerprint density at radius 2 is 1.81 bits per heavy atom. The molecule has 2 aromatic rings. The van der Waals surface area contributed by atoms with Crippen LogP contribution in [0.5, 0.6) is 5.75 Å². The molecule has 0 aliphatic heterocycles. The third-order valence-electron chi connectivity index (χ3n) is 2.84. The van der Waals surface area contributed by atoms with E-state index >= 15 is 0 Å². The second kappa shape index (κ2) is 6.93. The fourth-order valence-electron chi connectivity index (χ4n) is 1.78. The maximum Gasteiger partial charge on any atom is 0.195 e. The van der Waals surface area contributed by atoms with Gasteiger partial charge in [0.1, 0.15) is 5.75 Å². The third kappa shape index (κ3) is 3.72. The summed E-state index contributed by atoms with van der Waals surface area (Å²) in [5.41, 5.74) is 9.92. The minimum absolute atomic E-state index is 0.0499. The number of ether oxygens (including phenoxy) is 1. The van der Waals surface area contributed by atoms with Gasteiger partial charge in [0, 0.05) is 10.5 Å². The van der Waals surface area contributed by atoms with Crippen LogP contribution in [0.3, 0.4) is 0 Å². The minimum Gasteiger partial charge on any atom is -0.497 e. The van der Waals surface area contributed by atoms with Gasteiger partial charge in [-0.05, 0) is 29.3 Å².